The molecule has 0 heterocycles. The first kappa shape index (κ1) is 20.4. The summed E-state index contributed by atoms with van der Waals surface area (Å²) < 4.78 is 5.99. The van der Waals surface area contributed by atoms with Crippen LogP contribution in [0.5, 0.6) is 0 Å². The molecular weight excluding hydrogens is 393 g/mol. The minimum atomic E-state index is -0.769. The number of hydrogen-bond acceptors (Lipinski definition) is 4. The van der Waals surface area contributed by atoms with Gasteiger partial charge >= 0.3 is 161 Å². The van der Waals surface area contributed by atoms with Crippen molar-refractivity contribution in [1.82, 2.24) is 5.48 Å². The molecule has 0 aliphatic carbocycles. The summed E-state index contributed by atoms with van der Waals surface area (Å²) in [5.74, 6) is -0.459. The Morgan fingerprint density at radius 2 is 1.88 bits per heavy atom. The summed E-state index contributed by atoms with van der Waals surface area (Å²) in [6.07, 6.45) is 5.94. The van der Waals surface area contributed by atoms with Gasteiger partial charge < -0.3 is 0 Å². The number of aryl methyl sites for hydroxylation is 2. The number of methoxy groups -OCH3 is 1. The molecule has 2 unspecified atom stereocenters. The Balaban J connectivity index is 2.07. The van der Waals surface area contributed by atoms with Crippen molar-refractivity contribution in [1.29, 1.82) is 0 Å². The van der Waals surface area contributed by atoms with Crippen LogP contribution in [0.2, 0.25) is 4.82 Å². The van der Waals surface area contributed by atoms with Crippen LogP contribution in [0.4, 0.5) is 0 Å². The molecule has 0 aliphatic rings. The fourth-order valence-corrected chi connectivity index (χ4v) is 4.98. The Morgan fingerprint density at radius 3 is 2.54 bits per heavy atom. The van der Waals surface area contributed by atoms with E-state index in [-0.39, 0.29) is 19.8 Å². The molecule has 2 rings (SSSR count). The molecule has 2 N–H and O–H groups in total. The molecule has 0 radical (unpaired) electrons. The van der Waals surface area contributed by atoms with Crippen molar-refractivity contribution in [3.63, 3.8) is 0 Å². The van der Waals surface area contributed by atoms with E-state index >= 15 is 0 Å². The topological polar surface area (TPSA) is 58.6 Å². The number of nitrogens with one attached hydrogen (secondary N) is 1. The molecule has 138 valence electrons. The summed E-state index contributed by atoms with van der Waals surface area (Å²) in [6.45, 7) is 2.11. The summed E-state index contributed by atoms with van der Waals surface area (Å²) in [4.78, 5) is 11.9. The predicted molar refractivity (Wildman–Crippen MR) is 105 cm³/mol. The van der Waals surface area contributed by atoms with Gasteiger partial charge in [0.1, 0.15) is 0 Å². The third-order valence-corrected chi connectivity index (χ3v) is 6.72. The predicted octanol–water partition coefficient (Wildman–Crippen LogP) is 2.82. The second-order valence-corrected chi connectivity index (χ2v) is 8.54. The van der Waals surface area contributed by atoms with E-state index < -0.39 is 12.0 Å². The molecule has 0 saturated carbocycles. The second-order valence-electron chi connectivity index (χ2n) is 5.92. The van der Waals surface area contributed by atoms with Crippen LogP contribution in [0, 0.1) is 6.92 Å². The normalized spacial score (nSPS) is 13.5. The quantitative estimate of drug-likeness (QED) is 0.285. The summed E-state index contributed by atoms with van der Waals surface area (Å²) in [6, 6.07) is 17.6. The molecule has 5 heteroatoms. The summed E-state index contributed by atoms with van der Waals surface area (Å²) in [5.41, 5.74) is 4.74. The molecule has 0 aliphatic heterocycles. The number of carbonyl (C=O) groups is 1. The average molecular weight is 418 g/mol. The van der Waals surface area contributed by atoms with E-state index in [9.17, 15) is 10.0 Å². The van der Waals surface area contributed by atoms with Gasteiger partial charge in [0.15, 0.2) is 0 Å². The van der Waals surface area contributed by atoms with Gasteiger partial charge in [0.25, 0.3) is 0 Å². The Kier molecular flexibility index (Phi) is 8.59. The Labute approximate surface area is 161 Å². The Morgan fingerprint density at radius 1 is 1.19 bits per heavy atom. The van der Waals surface area contributed by atoms with E-state index in [4.69, 9.17) is 4.74 Å². The fraction of sp³-hybridized carbons (Fsp3) is 0.286. The van der Waals surface area contributed by atoms with Crippen molar-refractivity contribution in [2.24, 2.45) is 0 Å². The number of esters is 1. The van der Waals surface area contributed by atoms with E-state index in [2.05, 4.69) is 36.7 Å². The number of ether oxygens (including phenoxy) is 1. The third-order valence-electron chi connectivity index (χ3n) is 4.11. The maximum atomic E-state index is 12.0. The SMILES string of the molecule is COC(=O)C(NO)C(/C=C/CCc1ccccc1C)[Se]c1ccccc1. The zero-order valence-corrected chi connectivity index (χ0v) is 16.8. The molecule has 2 atom stereocenters. The number of hydrogen-bond donors (Lipinski definition) is 2. The number of benzene rings is 2. The van der Waals surface area contributed by atoms with E-state index in [0.717, 1.165) is 17.3 Å². The van der Waals surface area contributed by atoms with Gasteiger partial charge in [0, 0.05) is 0 Å². The molecule has 26 heavy (non-hydrogen) atoms. The number of carbonyl (C=O) groups excluding carboxylic acids is 1. The van der Waals surface area contributed by atoms with Crippen LogP contribution in [0.3, 0.4) is 0 Å². The van der Waals surface area contributed by atoms with Crippen LogP contribution >= 0.6 is 0 Å². The summed E-state index contributed by atoms with van der Waals surface area (Å²) in [5, 5.41) is 9.47. The summed E-state index contributed by atoms with van der Waals surface area (Å²) in [7, 11) is 1.33. The average Bonchev–Trinajstić information content (AvgIpc) is 2.67. The van der Waals surface area contributed by atoms with Gasteiger partial charge in [-0.25, -0.2) is 0 Å². The van der Waals surface area contributed by atoms with Crippen LogP contribution in [0.25, 0.3) is 0 Å². The standard InChI is InChI=1S/C21H25NO3Se/c1-16-10-6-7-11-17(16)12-8-9-15-19(20(22-24)21(23)25-2)26-18-13-4-3-5-14-18/h3-7,9-11,13-15,19-20,22,24H,8,12H2,1-2H3/b15-9+. The van der Waals surface area contributed by atoms with Crippen LogP contribution in [-0.2, 0) is 16.0 Å². The molecule has 0 saturated heterocycles. The zero-order valence-electron chi connectivity index (χ0n) is 15.1. The van der Waals surface area contributed by atoms with Crippen LogP contribution in [0.15, 0.2) is 66.7 Å². The molecule has 0 amide bonds. The summed E-state index contributed by atoms with van der Waals surface area (Å²) >= 11 is -0.0188. The first-order chi connectivity index (χ1) is 12.7. The van der Waals surface area contributed by atoms with Crippen molar-refractivity contribution < 1.29 is 14.7 Å². The molecule has 0 fully saturated rings. The fourth-order valence-electron chi connectivity index (χ4n) is 2.62. The molecule has 2 aromatic rings. The number of hydroxylamine groups is 1. The molecular formula is C21H25NO3Se. The van der Waals surface area contributed by atoms with Crippen LogP contribution in [-0.4, -0.2) is 39.3 Å². The molecule has 2 aromatic carbocycles. The van der Waals surface area contributed by atoms with Crippen LogP contribution in [0.1, 0.15) is 17.5 Å². The monoisotopic (exact) mass is 419 g/mol. The molecule has 0 bridgehead atoms. The Bertz CT molecular complexity index is 718. The zero-order chi connectivity index (χ0) is 18.8. The first-order valence-electron chi connectivity index (χ1n) is 8.56. The van der Waals surface area contributed by atoms with Gasteiger partial charge in [-0.1, -0.05) is 0 Å². The van der Waals surface area contributed by atoms with E-state index in [1.165, 1.54) is 18.2 Å². The van der Waals surface area contributed by atoms with Gasteiger partial charge in [0.05, 0.1) is 0 Å². The van der Waals surface area contributed by atoms with E-state index in [1.54, 1.807) is 0 Å². The molecule has 0 aromatic heterocycles. The van der Waals surface area contributed by atoms with Crippen molar-refractivity contribution in [3.05, 3.63) is 77.9 Å². The van der Waals surface area contributed by atoms with Crippen molar-refractivity contribution in [2.75, 3.05) is 7.11 Å². The first-order valence-corrected chi connectivity index (χ1v) is 10.4. The third kappa shape index (κ3) is 6.11. The number of allylic oxidation sites excluding steroid dienone is 1. The maximum absolute atomic E-state index is 12.0. The minimum absolute atomic E-state index is 0.0188. The van der Waals surface area contributed by atoms with E-state index in [1.807, 2.05) is 42.5 Å². The molecule has 4 nitrogen and oxygen atoms in total. The second kappa shape index (κ2) is 10.9. The van der Waals surface area contributed by atoms with Crippen molar-refractivity contribution in [3.8, 4) is 0 Å². The van der Waals surface area contributed by atoms with Gasteiger partial charge in [-0.05, 0) is 0 Å². The van der Waals surface area contributed by atoms with Gasteiger partial charge in [-0.3, -0.25) is 0 Å². The molecule has 0 spiro atoms. The Hall–Kier alpha value is -1.91. The van der Waals surface area contributed by atoms with Gasteiger partial charge in [-0.2, -0.15) is 0 Å². The number of rotatable bonds is 9. The van der Waals surface area contributed by atoms with E-state index in [0.29, 0.717) is 0 Å². The van der Waals surface area contributed by atoms with Crippen LogP contribution < -0.4 is 9.94 Å². The van der Waals surface area contributed by atoms with Gasteiger partial charge in [-0.15, -0.1) is 0 Å². The van der Waals surface area contributed by atoms with Crippen molar-refractivity contribution in [2.45, 2.75) is 30.6 Å². The van der Waals surface area contributed by atoms with Crippen molar-refractivity contribution >= 4 is 25.4 Å². The van der Waals surface area contributed by atoms with Gasteiger partial charge in [0.2, 0.25) is 0 Å².